The molecule has 3 heterocycles. The molecule has 0 N–H and O–H groups in total. The highest BCUT2D eigenvalue weighted by Crippen LogP contribution is 2.42. The van der Waals surface area contributed by atoms with E-state index in [1.54, 1.807) is 0 Å². The highest BCUT2D eigenvalue weighted by atomic mass is 15.2. The molecule has 0 aliphatic rings. The Morgan fingerprint density at radius 2 is 0.909 bits per heavy atom. The maximum Gasteiger partial charge on any atom is 0.238 e. The third-order valence-corrected chi connectivity index (χ3v) is 11.8. The van der Waals surface area contributed by atoms with Crippen molar-refractivity contribution in [2.45, 2.75) is 0 Å². The summed E-state index contributed by atoms with van der Waals surface area (Å²) in [7, 11) is 11.3. The minimum Gasteiger partial charge on any atom is -0.309 e. The van der Waals surface area contributed by atoms with E-state index in [9.17, 15) is 0 Å². The zero-order chi connectivity index (χ0) is 37.4. The van der Waals surface area contributed by atoms with Gasteiger partial charge in [-0.2, -0.15) is 9.97 Å². The summed E-state index contributed by atoms with van der Waals surface area (Å²) < 4.78 is 4.68. The van der Waals surface area contributed by atoms with Crippen LogP contribution in [0.5, 0.6) is 0 Å². The van der Waals surface area contributed by atoms with Crippen LogP contribution in [0.15, 0.2) is 146 Å². The molecule has 10 heteroatoms. The predicted molar refractivity (Wildman–Crippen MR) is 246 cm³/mol. The van der Waals surface area contributed by atoms with Gasteiger partial charge in [-0.3, -0.25) is 4.57 Å². The zero-order valence-corrected chi connectivity index (χ0v) is 31.6. The minimum absolute atomic E-state index is 0.585. The van der Waals surface area contributed by atoms with Crippen LogP contribution < -0.4 is 27.3 Å². The van der Waals surface area contributed by atoms with E-state index in [0.29, 0.717) is 17.6 Å². The van der Waals surface area contributed by atoms with Crippen molar-refractivity contribution < 1.29 is 0 Å². The normalized spacial score (nSPS) is 11.6. The van der Waals surface area contributed by atoms with Crippen LogP contribution in [0, 0.1) is 0 Å². The first-order chi connectivity index (χ1) is 26.9. The Balaban J connectivity index is 1.30. The first-order valence-electron chi connectivity index (χ1n) is 18.9. The van der Waals surface area contributed by atoms with Gasteiger partial charge in [-0.15, -0.1) is 16.4 Å². The topological polar surface area (TPSA) is 48.5 Å². The van der Waals surface area contributed by atoms with Gasteiger partial charge in [0, 0.05) is 38.4 Å². The SMILES string of the molecule is Bc1c(B)c(B)c(-c2cccc(-n3c4ccccc4c4c3ccc3c5ccccc5n(-c5nc(-c6ccccc6)nc(-c6ccccc6)n5)c34)c2)c(B)c1B. The van der Waals surface area contributed by atoms with Gasteiger partial charge in [0.1, 0.15) is 39.2 Å². The van der Waals surface area contributed by atoms with E-state index in [4.69, 9.17) is 15.0 Å². The summed E-state index contributed by atoms with van der Waals surface area (Å²) in [4.78, 5) is 15.5. The van der Waals surface area contributed by atoms with Crippen LogP contribution in [0.1, 0.15) is 0 Å². The summed E-state index contributed by atoms with van der Waals surface area (Å²) in [6, 6.07) is 51.3. The van der Waals surface area contributed by atoms with E-state index in [1.807, 2.05) is 36.4 Å². The predicted octanol–water partition coefficient (Wildman–Crippen LogP) is 2.36. The van der Waals surface area contributed by atoms with E-state index in [-0.39, 0.29) is 0 Å². The smallest absolute Gasteiger partial charge is 0.238 e. The maximum absolute atomic E-state index is 5.24. The number of para-hydroxylation sites is 2. The Morgan fingerprint density at radius 3 is 1.55 bits per heavy atom. The first-order valence-corrected chi connectivity index (χ1v) is 18.9. The Bertz CT molecular complexity index is 3070. The van der Waals surface area contributed by atoms with Crippen molar-refractivity contribution in [3.63, 3.8) is 0 Å². The molecule has 0 unspecified atom stereocenters. The number of rotatable bonds is 5. The second kappa shape index (κ2) is 12.8. The Morgan fingerprint density at radius 1 is 0.382 bits per heavy atom. The third kappa shape index (κ3) is 5.12. The molecular weight excluding hydrogens is 665 g/mol. The van der Waals surface area contributed by atoms with E-state index in [1.165, 1.54) is 43.8 Å². The van der Waals surface area contributed by atoms with Crippen molar-refractivity contribution in [3.8, 4) is 45.5 Å². The molecule has 0 aliphatic carbocycles. The summed E-state index contributed by atoms with van der Waals surface area (Å²) in [5, 5.41) is 4.64. The Kier molecular flexibility index (Phi) is 7.70. The van der Waals surface area contributed by atoms with Crippen molar-refractivity contribution in [1.82, 2.24) is 24.1 Å². The lowest BCUT2D eigenvalue weighted by Gasteiger charge is -2.21. The van der Waals surface area contributed by atoms with Gasteiger partial charge in [0.25, 0.3) is 0 Å². The molecule has 3 aromatic heterocycles. The lowest BCUT2D eigenvalue weighted by atomic mass is 9.59. The fourth-order valence-electron chi connectivity index (χ4n) is 8.63. The zero-order valence-electron chi connectivity index (χ0n) is 31.6. The van der Waals surface area contributed by atoms with Gasteiger partial charge in [0.15, 0.2) is 11.6 Å². The van der Waals surface area contributed by atoms with Crippen LogP contribution in [0.25, 0.3) is 89.2 Å². The van der Waals surface area contributed by atoms with Crippen molar-refractivity contribution in [2.24, 2.45) is 0 Å². The quantitative estimate of drug-likeness (QED) is 0.260. The fraction of sp³-hybridized carbons (Fsp3) is 0. The Hall–Kier alpha value is -6.53. The molecule has 10 rings (SSSR count). The molecule has 0 amide bonds. The molecule has 0 spiro atoms. The lowest BCUT2D eigenvalue weighted by molar-refractivity contribution is 0.955. The summed E-state index contributed by atoms with van der Waals surface area (Å²) in [6.07, 6.45) is 0. The molecule has 0 atom stereocenters. The molecule has 0 aliphatic heterocycles. The van der Waals surface area contributed by atoms with Gasteiger partial charge >= 0.3 is 0 Å². The molecule has 5 nitrogen and oxygen atoms in total. The van der Waals surface area contributed by atoms with Crippen molar-refractivity contribution in [3.05, 3.63) is 146 Å². The van der Waals surface area contributed by atoms with Crippen LogP contribution in [0.4, 0.5) is 0 Å². The first kappa shape index (κ1) is 33.1. The highest BCUT2D eigenvalue weighted by Gasteiger charge is 2.23. The lowest BCUT2D eigenvalue weighted by Crippen LogP contribution is -2.55. The van der Waals surface area contributed by atoms with E-state index in [0.717, 1.165) is 55.0 Å². The standard InChI is InChI=1S/C45H34B5N5/c46-37-35(38(47)40(49)41(50)39(37)48)27-16-11-17-28(24-27)54-33-21-10-8-19-31(33)36-34(54)23-22-30-29-18-7-9-20-32(29)55(42(30)36)45-52-43(25-12-3-1-4-13-25)51-44(53-45)26-14-5-2-6-15-26/h1-24H,46-50H2. The second-order valence-electron chi connectivity index (χ2n) is 14.6. The van der Waals surface area contributed by atoms with Gasteiger partial charge in [0.05, 0.1) is 22.1 Å². The van der Waals surface area contributed by atoms with Gasteiger partial charge in [-0.05, 0) is 41.5 Å². The average Bonchev–Trinajstić information content (AvgIpc) is 3.76. The number of nitrogens with zero attached hydrogens (tertiary/aromatic N) is 5. The molecule has 0 saturated heterocycles. The molecule has 0 saturated carbocycles. The fourth-order valence-corrected chi connectivity index (χ4v) is 8.63. The van der Waals surface area contributed by atoms with E-state index in [2.05, 4.69) is 158 Å². The largest absolute Gasteiger partial charge is 0.309 e. The number of benzene rings is 7. The Labute approximate surface area is 324 Å². The van der Waals surface area contributed by atoms with Gasteiger partial charge < -0.3 is 4.57 Å². The van der Waals surface area contributed by atoms with Crippen molar-refractivity contribution >= 4 is 110 Å². The molecule has 0 bridgehead atoms. The number of hydrogen-bond acceptors (Lipinski definition) is 3. The molecule has 0 radical (unpaired) electrons. The molecule has 10 aromatic rings. The molecule has 254 valence electrons. The van der Waals surface area contributed by atoms with Crippen molar-refractivity contribution in [1.29, 1.82) is 0 Å². The summed E-state index contributed by atoms with van der Waals surface area (Å²) >= 11 is 0. The van der Waals surface area contributed by atoms with Crippen LogP contribution in [-0.2, 0) is 0 Å². The average molecular weight is 699 g/mol. The minimum atomic E-state index is 0.585. The summed E-state index contributed by atoms with van der Waals surface area (Å²) in [5.74, 6) is 1.85. The van der Waals surface area contributed by atoms with E-state index >= 15 is 0 Å². The maximum atomic E-state index is 5.24. The van der Waals surface area contributed by atoms with Gasteiger partial charge in [0.2, 0.25) is 5.95 Å². The van der Waals surface area contributed by atoms with Crippen molar-refractivity contribution in [2.75, 3.05) is 0 Å². The number of fused-ring (bicyclic) bond motifs is 7. The molecule has 55 heavy (non-hydrogen) atoms. The van der Waals surface area contributed by atoms with E-state index < -0.39 is 0 Å². The van der Waals surface area contributed by atoms with Crippen LogP contribution in [0.3, 0.4) is 0 Å². The van der Waals surface area contributed by atoms with Crippen LogP contribution >= 0.6 is 0 Å². The highest BCUT2D eigenvalue weighted by molar-refractivity contribution is 6.68. The van der Waals surface area contributed by atoms with Gasteiger partial charge in [-0.25, -0.2) is 4.98 Å². The van der Waals surface area contributed by atoms with Crippen LogP contribution in [0.2, 0.25) is 0 Å². The molecular formula is C45H34B5N5. The number of aromatic nitrogens is 5. The summed E-state index contributed by atoms with van der Waals surface area (Å²) in [5.41, 5.74) is 16.7. The molecule has 7 aromatic carbocycles. The molecule has 0 fully saturated rings. The van der Waals surface area contributed by atoms with Gasteiger partial charge in [-0.1, -0.05) is 126 Å². The third-order valence-electron chi connectivity index (χ3n) is 11.8. The summed E-state index contributed by atoms with van der Waals surface area (Å²) in [6.45, 7) is 0. The van der Waals surface area contributed by atoms with Crippen LogP contribution in [-0.4, -0.2) is 63.3 Å². The number of hydrogen-bond donors (Lipinski definition) is 0. The second-order valence-corrected chi connectivity index (χ2v) is 14.6. The monoisotopic (exact) mass is 699 g/mol.